The number of nitrogens with two attached hydrogens (primary N) is 1. The Morgan fingerprint density at radius 2 is 2.12 bits per heavy atom. The number of aliphatic imine (C=N–C) groups is 1. The number of rotatable bonds is 8. The van der Waals surface area contributed by atoms with Crippen molar-refractivity contribution in [3.8, 4) is 5.75 Å². The number of ether oxygens (including phenoxy) is 1. The van der Waals surface area contributed by atoms with Crippen LogP contribution < -0.4 is 15.8 Å². The number of pyridine rings is 1. The fraction of sp³-hybridized carbons (Fsp3) is 0.400. The normalized spacial score (nSPS) is 12.2. The van der Waals surface area contributed by atoms with Crippen molar-refractivity contribution in [3.63, 3.8) is 0 Å². The summed E-state index contributed by atoms with van der Waals surface area (Å²) in [5.41, 5.74) is 9.22. The van der Waals surface area contributed by atoms with Gasteiger partial charge in [0.1, 0.15) is 5.75 Å². The molecule has 142 valence electrons. The average Bonchev–Trinajstić information content (AvgIpc) is 2.62. The second-order valence-electron chi connectivity index (χ2n) is 6.15. The van der Waals surface area contributed by atoms with Crippen LogP contribution in [0, 0.1) is 6.92 Å². The predicted molar refractivity (Wildman–Crippen MR) is 118 cm³/mol. The molecule has 1 heterocycles. The first-order valence-electron chi connectivity index (χ1n) is 8.78. The zero-order chi connectivity index (χ0) is 18.1. The minimum Gasteiger partial charge on any atom is -0.490 e. The summed E-state index contributed by atoms with van der Waals surface area (Å²) in [6.45, 7) is 7.44. The van der Waals surface area contributed by atoms with E-state index in [-0.39, 0.29) is 30.1 Å². The number of hydrogen-bond acceptors (Lipinski definition) is 3. The molecule has 2 aromatic rings. The summed E-state index contributed by atoms with van der Waals surface area (Å²) in [6.07, 6.45) is 3.75. The Morgan fingerprint density at radius 1 is 1.31 bits per heavy atom. The van der Waals surface area contributed by atoms with Gasteiger partial charge in [0.05, 0.1) is 12.6 Å². The minimum absolute atomic E-state index is 0. The van der Waals surface area contributed by atoms with Gasteiger partial charge in [-0.25, -0.2) is 4.99 Å². The molecule has 0 fully saturated rings. The third-order valence-corrected chi connectivity index (χ3v) is 3.96. The molecule has 5 nitrogen and oxygen atoms in total. The maximum atomic E-state index is 6.01. The van der Waals surface area contributed by atoms with E-state index in [9.17, 15) is 0 Å². The molecule has 0 bridgehead atoms. The summed E-state index contributed by atoms with van der Waals surface area (Å²) in [7, 11) is 0. The fourth-order valence-corrected chi connectivity index (χ4v) is 2.29. The Hall–Kier alpha value is -1.83. The summed E-state index contributed by atoms with van der Waals surface area (Å²) in [5.74, 6) is 1.32. The minimum atomic E-state index is 0. The quantitative estimate of drug-likeness (QED) is 0.351. The molecular weight excluding hydrogens is 439 g/mol. The van der Waals surface area contributed by atoms with E-state index in [0.29, 0.717) is 19.0 Å². The lowest BCUT2D eigenvalue weighted by atomic mass is 10.1. The molecule has 6 heteroatoms. The van der Waals surface area contributed by atoms with Gasteiger partial charge in [-0.15, -0.1) is 24.0 Å². The lowest BCUT2D eigenvalue weighted by Gasteiger charge is -2.16. The standard InChI is InChI=1S/C20H28N4O.HI/c1-4-16(3)25-19-13-15(2)8-9-17(19)14-24-20(21)23-12-10-18-7-5-6-11-22-18;/h5-9,11,13,16H,4,10,12,14H2,1-3H3,(H3,21,23,24);1H. The lowest BCUT2D eigenvalue weighted by Crippen LogP contribution is -2.33. The second kappa shape index (κ2) is 11.7. The van der Waals surface area contributed by atoms with Gasteiger partial charge in [0.2, 0.25) is 0 Å². The molecule has 0 spiro atoms. The van der Waals surface area contributed by atoms with E-state index >= 15 is 0 Å². The molecule has 1 aromatic carbocycles. The summed E-state index contributed by atoms with van der Waals surface area (Å²) in [5, 5.41) is 3.13. The molecule has 0 amide bonds. The van der Waals surface area contributed by atoms with E-state index in [1.54, 1.807) is 6.20 Å². The Labute approximate surface area is 173 Å². The van der Waals surface area contributed by atoms with Gasteiger partial charge < -0.3 is 15.8 Å². The summed E-state index contributed by atoms with van der Waals surface area (Å²) >= 11 is 0. The van der Waals surface area contributed by atoms with Crippen molar-refractivity contribution in [1.82, 2.24) is 10.3 Å². The number of nitrogens with zero attached hydrogens (tertiary/aromatic N) is 2. The zero-order valence-corrected chi connectivity index (χ0v) is 18.1. The Morgan fingerprint density at radius 3 is 2.81 bits per heavy atom. The Balaban J connectivity index is 0.00000338. The SMILES string of the molecule is CCC(C)Oc1cc(C)ccc1CN=C(N)NCCc1ccccn1.I. The van der Waals surface area contributed by atoms with Crippen LogP contribution in [0.5, 0.6) is 5.75 Å². The van der Waals surface area contributed by atoms with Crippen LogP contribution in [0.4, 0.5) is 0 Å². The van der Waals surface area contributed by atoms with E-state index in [1.807, 2.05) is 18.2 Å². The molecule has 0 saturated heterocycles. The number of guanidine groups is 1. The van der Waals surface area contributed by atoms with E-state index in [0.717, 1.165) is 29.8 Å². The van der Waals surface area contributed by atoms with Gasteiger partial charge in [0, 0.05) is 30.4 Å². The molecule has 0 aliphatic heterocycles. The number of benzene rings is 1. The summed E-state index contributed by atoms with van der Waals surface area (Å²) in [6, 6.07) is 12.1. The molecule has 1 unspecified atom stereocenters. The van der Waals surface area contributed by atoms with Crippen LogP contribution in [0.15, 0.2) is 47.6 Å². The highest BCUT2D eigenvalue weighted by atomic mass is 127. The third kappa shape index (κ3) is 7.59. The van der Waals surface area contributed by atoms with Gasteiger partial charge in [-0.3, -0.25) is 4.98 Å². The third-order valence-electron chi connectivity index (χ3n) is 3.96. The van der Waals surface area contributed by atoms with E-state index in [1.165, 1.54) is 5.56 Å². The number of aryl methyl sites for hydroxylation is 1. The lowest BCUT2D eigenvalue weighted by molar-refractivity contribution is 0.215. The van der Waals surface area contributed by atoms with Gasteiger partial charge in [-0.2, -0.15) is 0 Å². The number of hydrogen-bond donors (Lipinski definition) is 2. The molecule has 0 aliphatic rings. The van der Waals surface area contributed by atoms with Gasteiger partial charge in [-0.1, -0.05) is 25.1 Å². The van der Waals surface area contributed by atoms with Crippen LogP contribution in [0.3, 0.4) is 0 Å². The first kappa shape index (κ1) is 22.2. The number of aromatic nitrogens is 1. The molecule has 0 aliphatic carbocycles. The van der Waals surface area contributed by atoms with Crippen LogP contribution in [0.2, 0.25) is 0 Å². The number of halogens is 1. The maximum Gasteiger partial charge on any atom is 0.188 e. The highest BCUT2D eigenvalue weighted by molar-refractivity contribution is 14.0. The van der Waals surface area contributed by atoms with Crippen molar-refractivity contribution in [1.29, 1.82) is 0 Å². The Bertz CT molecular complexity index is 691. The second-order valence-corrected chi connectivity index (χ2v) is 6.15. The molecule has 2 rings (SSSR count). The molecule has 3 N–H and O–H groups in total. The van der Waals surface area contributed by atoms with Gasteiger partial charge in [-0.05, 0) is 44.0 Å². The van der Waals surface area contributed by atoms with Crippen molar-refractivity contribution in [2.24, 2.45) is 10.7 Å². The molecule has 0 radical (unpaired) electrons. The first-order valence-corrected chi connectivity index (χ1v) is 8.78. The van der Waals surface area contributed by atoms with Crippen molar-refractivity contribution < 1.29 is 4.74 Å². The Kier molecular flexibility index (Phi) is 10.0. The molecule has 1 aromatic heterocycles. The van der Waals surface area contributed by atoms with Crippen LogP contribution in [-0.2, 0) is 13.0 Å². The van der Waals surface area contributed by atoms with Crippen molar-refractivity contribution in [2.75, 3.05) is 6.54 Å². The topological polar surface area (TPSA) is 72.5 Å². The van der Waals surface area contributed by atoms with Gasteiger partial charge in [0.15, 0.2) is 5.96 Å². The zero-order valence-electron chi connectivity index (χ0n) is 15.7. The van der Waals surface area contributed by atoms with Crippen molar-refractivity contribution in [3.05, 3.63) is 59.4 Å². The average molecular weight is 468 g/mol. The molecule has 0 saturated carbocycles. The monoisotopic (exact) mass is 468 g/mol. The smallest absolute Gasteiger partial charge is 0.188 e. The van der Waals surface area contributed by atoms with Crippen LogP contribution in [0.1, 0.15) is 37.1 Å². The predicted octanol–water partition coefficient (Wildman–Crippen LogP) is 3.83. The fourth-order valence-electron chi connectivity index (χ4n) is 2.29. The summed E-state index contributed by atoms with van der Waals surface area (Å²) < 4.78 is 6.01. The van der Waals surface area contributed by atoms with E-state index in [4.69, 9.17) is 10.5 Å². The first-order chi connectivity index (χ1) is 12.1. The van der Waals surface area contributed by atoms with Gasteiger partial charge >= 0.3 is 0 Å². The molecular formula is C20H29IN4O. The van der Waals surface area contributed by atoms with Crippen molar-refractivity contribution >= 4 is 29.9 Å². The highest BCUT2D eigenvalue weighted by Crippen LogP contribution is 2.23. The summed E-state index contributed by atoms with van der Waals surface area (Å²) in [4.78, 5) is 8.72. The molecule has 26 heavy (non-hydrogen) atoms. The molecule has 1 atom stereocenters. The van der Waals surface area contributed by atoms with Crippen LogP contribution >= 0.6 is 24.0 Å². The largest absolute Gasteiger partial charge is 0.490 e. The maximum absolute atomic E-state index is 6.01. The highest BCUT2D eigenvalue weighted by Gasteiger charge is 2.07. The van der Waals surface area contributed by atoms with Crippen molar-refractivity contribution in [2.45, 2.75) is 46.3 Å². The van der Waals surface area contributed by atoms with E-state index in [2.05, 4.69) is 54.3 Å². The number of nitrogens with one attached hydrogen (secondary N) is 1. The van der Waals surface area contributed by atoms with Crippen LogP contribution in [-0.4, -0.2) is 23.6 Å². The van der Waals surface area contributed by atoms with Crippen LogP contribution in [0.25, 0.3) is 0 Å². The van der Waals surface area contributed by atoms with Gasteiger partial charge in [0.25, 0.3) is 0 Å². The van der Waals surface area contributed by atoms with E-state index < -0.39 is 0 Å².